The van der Waals surface area contributed by atoms with Crippen molar-refractivity contribution in [1.82, 2.24) is 10.2 Å². The van der Waals surface area contributed by atoms with Crippen molar-refractivity contribution in [3.8, 4) is 6.07 Å². The summed E-state index contributed by atoms with van der Waals surface area (Å²) in [6, 6.07) is 8.22. The number of likely N-dealkylation sites (tertiary alicyclic amines) is 1. The lowest BCUT2D eigenvalue weighted by atomic mass is 9.47. The molecular weight excluding hydrogens is 450 g/mol. The Kier molecular flexibility index (Phi) is 5.84. The van der Waals surface area contributed by atoms with Gasteiger partial charge in [0.1, 0.15) is 6.04 Å². The second-order valence-corrected chi connectivity index (χ2v) is 13.3. The Bertz CT molecular complexity index is 1120. The summed E-state index contributed by atoms with van der Waals surface area (Å²) < 4.78 is 26.8. The number of nitrogens with zero attached hydrogens (tertiary/aromatic N) is 2. The van der Waals surface area contributed by atoms with Crippen LogP contribution >= 0.6 is 0 Å². The molecule has 182 valence electrons. The van der Waals surface area contributed by atoms with E-state index in [0.717, 1.165) is 51.4 Å². The maximum atomic E-state index is 13.4. The van der Waals surface area contributed by atoms with Gasteiger partial charge < -0.3 is 10.2 Å². The van der Waals surface area contributed by atoms with E-state index in [-0.39, 0.29) is 45.9 Å². The van der Waals surface area contributed by atoms with Gasteiger partial charge in [-0.3, -0.25) is 9.59 Å². The van der Waals surface area contributed by atoms with Gasteiger partial charge in [0.25, 0.3) is 0 Å². The number of amides is 1. The molecule has 0 spiro atoms. The minimum absolute atomic E-state index is 0.0213. The third kappa shape index (κ3) is 4.29. The van der Waals surface area contributed by atoms with Crippen LogP contribution in [0.5, 0.6) is 0 Å². The number of nitriles is 1. The topological polar surface area (TPSA) is 107 Å². The van der Waals surface area contributed by atoms with E-state index in [4.69, 9.17) is 0 Å². The molecule has 5 fully saturated rings. The lowest BCUT2D eigenvalue weighted by molar-refractivity contribution is -0.132. The van der Waals surface area contributed by atoms with Gasteiger partial charge >= 0.3 is 0 Å². The van der Waals surface area contributed by atoms with Gasteiger partial charge in [0.05, 0.1) is 23.3 Å². The molecule has 7 nitrogen and oxygen atoms in total. The summed E-state index contributed by atoms with van der Waals surface area (Å²) in [5.41, 5.74) is 0.0367. The van der Waals surface area contributed by atoms with Crippen molar-refractivity contribution in [2.45, 2.75) is 74.8 Å². The Balaban J connectivity index is 1.32. The second-order valence-electron chi connectivity index (χ2n) is 11.3. The molecule has 3 atom stereocenters. The first kappa shape index (κ1) is 23.5. The smallest absolute Gasteiger partial charge is 0.237 e. The molecule has 1 aliphatic heterocycles. The molecule has 0 radical (unpaired) electrons. The Hall–Kier alpha value is -2.24. The van der Waals surface area contributed by atoms with Crippen molar-refractivity contribution in [2.75, 3.05) is 18.8 Å². The Labute approximate surface area is 201 Å². The first-order valence-electron chi connectivity index (χ1n) is 12.4. The standard InChI is InChI=1S/C26H33N3O4S/c1-18(30)21-4-6-23(7-5-21)34(32,33)17-25-10-19-9-20(11-25)13-26(12-19,16-25)28-15-24(31)29-8-2-3-22(29)14-27/h4-7,19-20,22,28H,2-3,8-13,15-17H2,1H3/t19?,20?,22-,25?,26?/m0/s1. The molecule has 4 aliphatic carbocycles. The highest BCUT2D eigenvalue weighted by Gasteiger charge is 2.58. The van der Waals surface area contributed by atoms with E-state index in [1.165, 1.54) is 6.92 Å². The van der Waals surface area contributed by atoms with Gasteiger partial charge in [-0.25, -0.2) is 8.42 Å². The fraction of sp³-hybridized carbons (Fsp3) is 0.654. The van der Waals surface area contributed by atoms with Crippen LogP contribution in [0.3, 0.4) is 0 Å². The molecule has 1 heterocycles. The predicted molar refractivity (Wildman–Crippen MR) is 127 cm³/mol. The summed E-state index contributed by atoms with van der Waals surface area (Å²) in [5, 5.41) is 12.9. The van der Waals surface area contributed by atoms with E-state index in [0.29, 0.717) is 23.9 Å². The summed E-state index contributed by atoms with van der Waals surface area (Å²) in [5.74, 6) is 0.983. The molecule has 0 aromatic heterocycles. The number of hydrogen-bond acceptors (Lipinski definition) is 6. The average molecular weight is 484 g/mol. The first-order valence-corrected chi connectivity index (χ1v) is 14.1. The Morgan fingerprint density at radius 3 is 2.44 bits per heavy atom. The highest BCUT2D eigenvalue weighted by atomic mass is 32.2. The Morgan fingerprint density at radius 2 is 1.82 bits per heavy atom. The molecule has 1 saturated heterocycles. The van der Waals surface area contributed by atoms with Crippen molar-refractivity contribution >= 4 is 21.5 Å². The van der Waals surface area contributed by atoms with Crippen LogP contribution in [0.25, 0.3) is 0 Å². The van der Waals surface area contributed by atoms with E-state index < -0.39 is 9.84 Å². The summed E-state index contributed by atoms with van der Waals surface area (Å²) in [6.45, 7) is 2.33. The number of rotatable bonds is 7. The molecule has 4 bridgehead atoms. The SMILES string of the molecule is CC(=O)c1ccc(S(=O)(=O)CC23CC4CC(C2)CC(NCC(=O)N2CCC[C@H]2C#N)(C4)C3)cc1. The summed E-state index contributed by atoms with van der Waals surface area (Å²) in [7, 11) is -3.50. The quantitative estimate of drug-likeness (QED) is 0.597. The normalized spacial score (nSPS) is 34.2. The monoisotopic (exact) mass is 483 g/mol. The molecule has 2 unspecified atom stereocenters. The van der Waals surface area contributed by atoms with E-state index in [9.17, 15) is 23.3 Å². The van der Waals surface area contributed by atoms with Gasteiger partial charge in [-0.05, 0) is 87.7 Å². The highest BCUT2D eigenvalue weighted by Crippen LogP contribution is 2.62. The number of sulfone groups is 1. The van der Waals surface area contributed by atoms with Gasteiger partial charge in [0.15, 0.2) is 15.6 Å². The highest BCUT2D eigenvalue weighted by molar-refractivity contribution is 7.91. The van der Waals surface area contributed by atoms with Crippen LogP contribution in [-0.2, 0) is 14.6 Å². The lowest BCUT2D eigenvalue weighted by Gasteiger charge is -2.62. The molecule has 5 aliphatic rings. The minimum atomic E-state index is -3.50. The fourth-order valence-electron chi connectivity index (χ4n) is 7.78. The van der Waals surface area contributed by atoms with Gasteiger partial charge in [-0.2, -0.15) is 5.26 Å². The van der Waals surface area contributed by atoms with Gasteiger partial charge in [0.2, 0.25) is 5.91 Å². The first-order chi connectivity index (χ1) is 16.1. The van der Waals surface area contributed by atoms with Crippen LogP contribution in [0.15, 0.2) is 29.2 Å². The predicted octanol–water partition coefficient (Wildman–Crippen LogP) is 3.11. The summed E-state index contributed by atoms with van der Waals surface area (Å²) in [4.78, 5) is 26.4. The number of benzene rings is 1. The van der Waals surface area contributed by atoms with Crippen LogP contribution in [-0.4, -0.2) is 55.4 Å². The molecular formula is C26H33N3O4S. The lowest BCUT2D eigenvalue weighted by Crippen LogP contribution is -2.64. The van der Waals surface area contributed by atoms with Crippen LogP contribution < -0.4 is 5.32 Å². The van der Waals surface area contributed by atoms with E-state index in [2.05, 4.69) is 11.4 Å². The number of carbonyl (C=O) groups is 2. The van der Waals surface area contributed by atoms with Crippen molar-refractivity contribution in [1.29, 1.82) is 5.26 Å². The number of carbonyl (C=O) groups excluding carboxylic acids is 2. The van der Waals surface area contributed by atoms with Crippen molar-refractivity contribution < 1.29 is 18.0 Å². The summed E-state index contributed by atoms with van der Waals surface area (Å²) in [6.07, 6.45) is 7.37. The number of ketones is 1. The minimum Gasteiger partial charge on any atom is -0.326 e. The fourth-order valence-corrected chi connectivity index (χ4v) is 9.64. The van der Waals surface area contributed by atoms with E-state index in [1.807, 2.05) is 0 Å². The zero-order valence-corrected chi connectivity index (χ0v) is 20.6. The second kappa shape index (κ2) is 8.46. The van der Waals surface area contributed by atoms with E-state index in [1.54, 1.807) is 29.2 Å². The van der Waals surface area contributed by atoms with Crippen molar-refractivity contribution in [3.63, 3.8) is 0 Å². The molecule has 8 heteroatoms. The van der Waals surface area contributed by atoms with Crippen molar-refractivity contribution in [2.24, 2.45) is 17.3 Å². The molecule has 1 N–H and O–H groups in total. The third-order valence-electron chi connectivity index (χ3n) is 8.64. The van der Waals surface area contributed by atoms with Gasteiger partial charge in [-0.1, -0.05) is 12.1 Å². The zero-order chi connectivity index (χ0) is 24.1. The van der Waals surface area contributed by atoms with Gasteiger partial charge in [0, 0.05) is 17.6 Å². The summed E-state index contributed by atoms with van der Waals surface area (Å²) >= 11 is 0. The molecule has 34 heavy (non-hydrogen) atoms. The Morgan fingerprint density at radius 1 is 1.15 bits per heavy atom. The van der Waals surface area contributed by atoms with Crippen LogP contribution in [0.4, 0.5) is 0 Å². The number of hydrogen-bond donors (Lipinski definition) is 1. The number of Topliss-reactive ketones (excluding diaryl/α,β-unsaturated/α-hetero) is 1. The van der Waals surface area contributed by atoms with Crippen LogP contribution in [0.2, 0.25) is 0 Å². The molecule has 1 aromatic rings. The molecule has 4 saturated carbocycles. The van der Waals surface area contributed by atoms with Crippen LogP contribution in [0.1, 0.15) is 68.6 Å². The zero-order valence-electron chi connectivity index (χ0n) is 19.8. The molecule has 6 rings (SSSR count). The maximum absolute atomic E-state index is 13.4. The average Bonchev–Trinajstić information content (AvgIpc) is 3.25. The molecule has 1 amide bonds. The largest absolute Gasteiger partial charge is 0.326 e. The van der Waals surface area contributed by atoms with E-state index >= 15 is 0 Å². The number of nitrogens with one attached hydrogen (secondary N) is 1. The molecule has 1 aromatic carbocycles. The maximum Gasteiger partial charge on any atom is 0.237 e. The van der Waals surface area contributed by atoms with Crippen LogP contribution in [0, 0.1) is 28.6 Å². The third-order valence-corrected chi connectivity index (χ3v) is 10.6. The van der Waals surface area contributed by atoms with Gasteiger partial charge in [-0.15, -0.1) is 0 Å². The van der Waals surface area contributed by atoms with Crippen molar-refractivity contribution in [3.05, 3.63) is 29.8 Å².